The van der Waals surface area contributed by atoms with Gasteiger partial charge in [-0.2, -0.15) is 0 Å². The van der Waals surface area contributed by atoms with Gasteiger partial charge < -0.3 is 0 Å². The minimum atomic E-state index is 0. The molecule has 0 saturated heterocycles. The van der Waals surface area contributed by atoms with E-state index in [0.717, 1.165) is 29.8 Å². The molecule has 0 spiro atoms. The predicted octanol–water partition coefficient (Wildman–Crippen LogP) is 1.46. The molecule has 0 fully saturated rings. The van der Waals surface area contributed by atoms with Crippen molar-refractivity contribution in [3.05, 3.63) is 12.1 Å². The first-order valence-corrected chi connectivity index (χ1v) is 5.33. The van der Waals surface area contributed by atoms with Crippen LogP contribution < -0.4 is 18.4 Å². The molecule has 3 nitrogen and oxygen atoms in total. The van der Waals surface area contributed by atoms with Gasteiger partial charge in [-0.25, -0.2) is 0 Å². The molecule has 1 rings (SSSR count). The van der Waals surface area contributed by atoms with Crippen molar-refractivity contribution in [2.75, 3.05) is 21.3 Å². The van der Waals surface area contributed by atoms with E-state index in [-0.39, 0.29) is 17.0 Å². The third-order valence-electron chi connectivity index (χ3n) is 1.72. The monoisotopic (exact) mass is 311 g/mol. The number of methoxy groups -OCH3 is 3. The van der Waals surface area contributed by atoms with Crippen LogP contribution in [0.5, 0.6) is 17.2 Å². The summed E-state index contributed by atoms with van der Waals surface area (Å²) in [6.45, 7) is 0. The van der Waals surface area contributed by atoms with Crippen LogP contribution >= 0.6 is 17.0 Å². The van der Waals surface area contributed by atoms with Crippen LogP contribution in [-0.4, -0.2) is 21.3 Å². The number of hydrogen-bond acceptors (Lipinski definition) is 3. The summed E-state index contributed by atoms with van der Waals surface area (Å²) in [6.07, 6.45) is 0. The maximum absolute atomic E-state index is 5.18. The summed E-state index contributed by atoms with van der Waals surface area (Å²) in [6, 6.07) is 3.92. The van der Waals surface area contributed by atoms with E-state index in [1.165, 1.54) is 4.16 Å². The molecule has 0 aliphatic heterocycles. The van der Waals surface area contributed by atoms with Gasteiger partial charge >= 0.3 is 87.4 Å². The average molecular weight is 313 g/mol. The van der Waals surface area contributed by atoms with Crippen molar-refractivity contribution in [3.8, 4) is 17.2 Å². The number of rotatable bonds is 3. The Balaban J connectivity index is 0.00000169. The fourth-order valence-corrected chi connectivity index (χ4v) is 1.91. The van der Waals surface area contributed by atoms with E-state index >= 15 is 0 Å². The second-order valence-electron chi connectivity index (χ2n) is 2.53. The van der Waals surface area contributed by atoms with E-state index < -0.39 is 0 Å². The molecule has 1 aromatic rings. The van der Waals surface area contributed by atoms with Crippen LogP contribution in [0.2, 0.25) is 0 Å². The van der Waals surface area contributed by atoms with Crippen molar-refractivity contribution in [3.63, 3.8) is 0 Å². The fraction of sp³-hybridized carbons (Fsp3) is 0.333. The van der Waals surface area contributed by atoms with Crippen LogP contribution in [0.4, 0.5) is 0 Å². The summed E-state index contributed by atoms with van der Waals surface area (Å²) in [5, 5.41) is 0. The second-order valence-corrected chi connectivity index (χ2v) is 4.25. The fourth-order valence-electron chi connectivity index (χ4n) is 1.14. The molecule has 0 radical (unpaired) electrons. The summed E-state index contributed by atoms with van der Waals surface area (Å²) < 4.78 is 16.7. The van der Waals surface area contributed by atoms with E-state index in [0.29, 0.717) is 5.75 Å². The first kappa shape index (κ1) is 13.7. The van der Waals surface area contributed by atoms with Crippen LogP contribution in [0.1, 0.15) is 0 Å². The Labute approximate surface area is 104 Å². The van der Waals surface area contributed by atoms with E-state index in [1.807, 2.05) is 12.1 Å². The molecule has 0 amide bonds. The molecule has 0 saturated carbocycles. The number of ether oxygens (including phenoxy) is 3. The zero-order chi connectivity index (χ0) is 9.84. The first-order chi connectivity index (χ1) is 6.22. The molecule has 14 heavy (non-hydrogen) atoms. The van der Waals surface area contributed by atoms with E-state index in [4.69, 9.17) is 14.2 Å². The van der Waals surface area contributed by atoms with Crippen molar-refractivity contribution >= 4 is 21.1 Å². The van der Waals surface area contributed by atoms with E-state index in [1.54, 1.807) is 21.3 Å². The average Bonchev–Trinajstić information content (AvgIpc) is 2.16. The molecule has 0 N–H and O–H groups in total. The summed E-state index contributed by atoms with van der Waals surface area (Å²) in [5.74, 6) is 2.11. The molecule has 0 aliphatic carbocycles. The first-order valence-electron chi connectivity index (χ1n) is 3.85. The zero-order valence-electron chi connectivity index (χ0n) is 8.49. The Bertz CT molecular complexity index is 279. The van der Waals surface area contributed by atoms with Crippen molar-refractivity contribution < 1.29 is 32.5 Å². The normalized spacial score (nSPS) is 8.93. The Hall–Kier alpha value is -0.277. The van der Waals surface area contributed by atoms with Gasteiger partial charge in [-0.15, -0.1) is 17.0 Å². The molecule has 0 unspecified atom stereocenters. The van der Waals surface area contributed by atoms with Gasteiger partial charge in [0.15, 0.2) is 0 Å². The molecule has 0 atom stereocenters. The van der Waals surface area contributed by atoms with Crippen LogP contribution in [0.25, 0.3) is 0 Å². The van der Waals surface area contributed by atoms with E-state index in [2.05, 4.69) is 0 Å². The van der Waals surface area contributed by atoms with Gasteiger partial charge in [-0.05, 0) is 0 Å². The van der Waals surface area contributed by atoms with Gasteiger partial charge in [0.25, 0.3) is 0 Å². The summed E-state index contributed by atoms with van der Waals surface area (Å²) in [5.41, 5.74) is 0. The maximum atomic E-state index is 5.18. The molecular formula is C9H12BrO3Zn. The topological polar surface area (TPSA) is 27.7 Å². The second kappa shape index (κ2) is 6.25. The Morgan fingerprint density at radius 3 is 1.64 bits per heavy atom. The SMILES string of the molecule is Br.COc1c[c]([Zn])cc(OC)c1OC. The molecule has 1 aromatic carbocycles. The number of halogens is 1. The Kier molecular flexibility index (Phi) is 6.13. The van der Waals surface area contributed by atoms with Gasteiger partial charge in [-0.3, -0.25) is 0 Å². The van der Waals surface area contributed by atoms with Crippen molar-refractivity contribution in [2.24, 2.45) is 0 Å². The molecular weight excluding hydrogens is 301 g/mol. The third-order valence-corrected chi connectivity index (χ3v) is 2.58. The van der Waals surface area contributed by atoms with Crippen LogP contribution in [-0.2, 0) is 18.3 Å². The van der Waals surface area contributed by atoms with Crippen molar-refractivity contribution in [1.82, 2.24) is 0 Å². The summed E-state index contributed by atoms with van der Waals surface area (Å²) in [7, 11) is 4.85. The van der Waals surface area contributed by atoms with Gasteiger partial charge in [-0.1, -0.05) is 0 Å². The van der Waals surface area contributed by atoms with Gasteiger partial charge in [0.2, 0.25) is 0 Å². The Morgan fingerprint density at radius 2 is 1.36 bits per heavy atom. The van der Waals surface area contributed by atoms with Gasteiger partial charge in [0, 0.05) is 0 Å². The quantitative estimate of drug-likeness (QED) is 0.791. The summed E-state index contributed by atoms with van der Waals surface area (Å²) in [4.78, 5) is 0. The minimum absolute atomic E-state index is 0. The summed E-state index contributed by atoms with van der Waals surface area (Å²) >= 11 is 1.07. The standard InChI is InChI=1S/C9H11O3.BrH.Zn/c1-10-7-5-4-6-8(11-2)9(7)12-3;;/h5-6H,1-3H3;1H;. The number of hydrogen-bond donors (Lipinski definition) is 0. The number of benzene rings is 1. The van der Waals surface area contributed by atoms with Crippen LogP contribution in [0.15, 0.2) is 12.1 Å². The Morgan fingerprint density at radius 1 is 0.929 bits per heavy atom. The molecule has 5 heteroatoms. The van der Waals surface area contributed by atoms with Crippen LogP contribution in [0.3, 0.4) is 0 Å². The molecule has 75 valence electrons. The van der Waals surface area contributed by atoms with Crippen molar-refractivity contribution in [1.29, 1.82) is 0 Å². The van der Waals surface area contributed by atoms with Crippen LogP contribution in [0, 0.1) is 0 Å². The molecule has 0 aliphatic rings. The van der Waals surface area contributed by atoms with Crippen molar-refractivity contribution in [2.45, 2.75) is 0 Å². The van der Waals surface area contributed by atoms with E-state index in [9.17, 15) is 0 Å². The third kappa shape index (κ3) is 2.86. The molecule has 0 aromatic heterocycles. The predicted molar refractivity (Wildman–Crippen MR) is 56.1 cm³/mol. The van der Waals surface area contributed by atoms with Gasteiger partial charge in [0.1, 0.15) is 0 Å². The molecule has 0 bridgehead atoms. The van der Waals surface area contributed by atoms with Gasteiger partial charge in [0.05, 0.1) is 0 Å². The zero-order valence-corrected chi connectivity index (χ0v) is 13.2. The molecule has 0 heterocycles.